The van der Waals surface area contributed by atoms with Gasteiger partial charge in [-0.2, -0.15) is 5.10 Å². The highest BCUT2D eigenvalue weighted by Gasteiger charge is 2.29. The first kappa shape index (κ1) is 18.3. The van der Waals surface area contributed by atoms with Crippen LogP contribution in [0.15, 0.2) is 48.7 Å². The van der Waals surface area contributed by atoms with Crippen molar-refractivity contribution in [3.05, 3.63) is 77.0 Å². The Morgan fingerprint density at radius 2 is 2.07 bits per heavy atom. The molecule has 7 heteroatoms. The maximum Gasteiger partial charge on any atom is 0.256 e. The lowest BCUT2D eigenvalue weighted by atomic mass is 10.0. The Bertz CT molecular complexity index is 998. The Kier molecular flexibility index (Phi) is 4.92. The Balaban J connectivity index is 1.59. The third-order valence-electron chi connectivity index (χ3n) is 4.96. The van der Waals surface area contributed by atoms with E-state index < -0.39 is 0 Å². The van der Waals surface area contributed by atoms with Crippen LogP contribution in [0.2, 0.25) is 0 Å². The number of benzene rings is 1. The molecule has 1 atom stereocenters. The summed E-state index contributed by atoms with van der Waals surface area (Å²) in [7, 11) is 0. The van der Waals surface area contributed by atoms with E-state index in [1.165, 1.54) is 12.1 Å². The van der Waals surface area contributed by atoms with Crippen LogP contribution in [-0.2, 0) is 0 Å². The van der Waals surface area contributed by atoms with Crippen molar-refractivity contribution in [3.8, 4) is 5.82 Å². The monoisotopic (exact) mass is 379 g/mol. The molecule has 3 aromatic rings. The molecule has 28 heavy (non-hydrogen) atoms. The number of piperazine rings is 1. The number of nitrogens with one attached hydrogen (secondary N) is 1. The van der Waals surface area contributed by atoms with E-state index in [9.17, 15) is 9.18 Å². The number of carbonyl (C=O) groups is 1. The Hall–Kier alpha value is -3.06. The van der Waals surface area contributed by atoms with Crippen LogP contribution in [0.4, 0.5) is 4.39 Å². The maximum absolute atomic E-state index is 13.7. The summed E-state index contributed by atoms with van der Waals surface area (Å²) in [4.78, 5) is 19.3. The standard InChI is InChI=1S/C21H22FN5O/c1-14-10-15(2)27(25-14)20-7-6-17(12-24-20)21(28)26-9-8-23-13-19(26)16-4-3-5-18(22)11-16/h3-7,10-12,19,23H,8-9,13H2,1-2H3. The average molecular weight is 379 g/mol. The zero-order valence-electron chi connectivity index (χ0n) is 15.9. The molecule has 0 aliphatic carbocycles. The number of halogens is 1. The molecule has 1 aliphatic rings. The maximum atomic E-state index is 13.7. The molecule has 0 saturated carbocycles. The molecule has 1 N–H and O–H groups in total. The number of hydrogen-bond acceptors (Lipinski definition) is 4. The highest BCUT2D eigenvalue weighted by Crippen LogP contribution is 2.25. The van der Waals surface area contributed by atoms with Crippen LogP contribution in [0, 0.1) is 19.7 Å². The molecule has 0 radical (unpaired) electrons. The highest BCUT2D eigenvalue weighted by molar-refractivity contribution is 5.94. The summed E-state index contributed by atoms with van der Waals surface area (Å²) in [6.45, 7) is 5.74. The van der Waals surface area contributed by atoms with Gasteiger partial charge in [0.05, 0.1) is 17.3 Å². The molecule has 0 spiro atoms. The van der Waals surface area contributed by atoms with Gasteiger partial charge >= 0.3 is 0 Å². The van der Waals surface area contributed by atoms with E-state index in [2.05, 4.69) is 15.4 Å². The zero-order valence-corrected chi connectivity index (χ0v) is 15.9. The van der Waals surface area contributed by atoms with Gasteiger partial charge in [0, 0.05) is 31.5 Å². The largest absolute Gasteiger partial charge is 0.329 e. The topological polar surface area (TPSA) is 63.1 Å². The molecule has 0 bridgehead atoms. The van der Waals surface area contributed by atoms with Crippen molar-refractivity contribution in [3.63, 3.8) is 0 Å². The third-order valence-corrected chi connectivity index (χ3v) is 4.96. The molecule has 1 unspecified atom stereocenters. The minimum absolute atomic E-state index is 0.108. The smallest absolute Gasteiger partial charge is 0.256 e. The second kappa shape index (κ2) is 7.52. The van der Waals surface area contributed by atoms with Gasteiger partial charge in [0.2, 0.25) is 0 Å². The fraction of sp³-hybridized carbons (Fsp3) is 0.286. The SMILES string of the molecule is Cc1cc(C)n(-c2ccc(C(=O)N3CCNCC3c3cccc(F)c3)cn2)n1. The van der Waals surface area contributed by atoms with E-state index >= 15 is 0 Å². The zero-order chi connectivity index (χ0) is 19.7. The van der Waals surface area contributed by atoms with Crippen molar-refractivity contribution in [1.29, 1.82) is 0 Å². The molecule has 1 saturated heterocycles. The number of nitrogens with zero attached hydrogens (tertiary/aromatic N) is 4. The molecular weight excluding hydrogens is 357 g/mol. The van der Waals surface area contributed by atoms with Crippen LogP contribution in [0.3, 0.4) is 0 Å². The van der Waals surface area contributed by atoms with Gasteiger partial charge in [-0.1, -0.05) is 12.1 Å². The number of aromatic nitrogens is 3. The van der Waals surface area contributed by atoms with Crippen molar-refractivity contribution in [2.75, 3.05) is 19.6 Å². The fourth-order valence-corrected chi connectivity index (χ4v) is 3.62. The first-order valence-electron chi connectivity index (χ1n) is 9.30. The van der Waals surface area contributed by atoms with Gasteiger partial charge in [0.25, 0.3) is 5.91 Å². The molecule has 144 valence electrons. The lowest BCUT2D eigenvalue weighted by molar-refractivity contribution is 0.0633. The van der Waals surface area contributed by atoms with Gasteiger partial charge in [0.1, 0.15) is 5.82 Å². The van der Waals surface area contributed by atoms with Gasteiger partial charge in [-0.25, -0.2) is 14.1 Å². The Labute approximate surface area is 163 Å². The number of hydrogen-bond donors (Lipinski definition) is 1. The summed E-state index contributed by atoms with van der Waals surface area (Å²) in [5.74, 6) is 0.263. The molecule has 1 amide bonds. The number of carbonyl (C=O) groups excluding carboxylic acids is 1. The molecule has 1 fully saturated rings. The van der Waals surface area contributed by atoms with Gasteiger partial charge < -0.3 is 10.2 Å². The van der Waals surface area contributed by atoms with E-state index in [-0.39, 0.29) is 17.8 Å². The lowest BCUT2D eigenvalue weighted by Crippen LogP contribution is -2.48. The van der Waals surface area contributed by atoms with E-state index in [4.69, 9.17) is 0 Å². The van der Waals surface area contributed by atoms with Crippen LogP contribution in [-0.4, -0.2) is 45.2 Å². The van der Waals surface area contributed by atoms with E-state index in [0.717, 1.165) is 17.0 Å². The number of rotatable bonds is 3. The van der Waals surface area contributed by atoms with E-state index in [1.807, 2.05) is 26.0 Å². The number of amides is 1. The van der Waals surface area contributed by atoms with Crippen LogP contribution in [0.5, 0.6) is 0 Å². The van der Waals surface area contributed by atoms with Gasteiger partial charge in [-0.15, -0.1) is 0 Å². The summed E-state index contributed by atoms with van der Waals surface area (Å²) in [5.41, 5.74) is 3.19. The van der Waals surface area contributed by atoms with Gasteiger partial charge in [-0.3, -0.25) is 4.79 Å². The summed E-state index contributed by atoms with van der Waals surface area (Å²) < 4.78 is 15.4. The number of pyridine rings is 1. The van der Waals surface area contributed by atoms with Gasteiger partial charge in [-0.05, 0) is 49.7 Å². The molecule has 4 rings (SSSR count). The Morgan fingerprint density at radius 1 is 1.21 bits per heavy atom. The van der Waals surface area contributed by atoms with E-state index in [0.29, 0.717) is 31.0 Å². The molecule has 1 aromatic carbocycles. The molecule has 6 nitrogen and oxygen atoms in total. The van der Waals surface area contributed by atoms with Gasteiger partial charge in [0.15, 0.2) is 5.82 Å². The predicted octanol–water partition coefficient (Wildman–Crippen LogP) is 2.81. The predicted molar refractivity (Wildman–Crippen MR) is 104 cm³/mol. The highest BCUT2D eigenvalue weighted by atomic mass is 19.1. The first-order valence-corrected chi connectivity index (χ1v) is 9.30. The molecule has 2 aromatic heterocycles. The molecule has 1 aliphatic heterocycles. The van der Waals surface area contributed by atoms with Crippen LogP contribution >= 0.6 is 0 Å². The lowest BCUT2D eigenvalue weighted by Gasteiger charge is -2.36. The summed E-state index contributed by atoms with van der Waals surface area (Å²) in [5, 5.41) is 7.70. The minimum Gasteiger partial charge on any atom is -0.329 e. The molecular formula is C21H22FN5O. The van der Waals surface area contributed by atoms with E-state index in [1.54, 1.807) is 34.0 Å². The summed E-state index contributed by atoms with van der Waals surface area (Å²) >= 11 is 0. The minimum atomic E-state index is -0.300. The fourth-order valence-electron chi connectivity index (χ4n) is 3.62. The van der Waals surface area contributed by atoms with Crippen molar-refractivity contribution >= 4 is 5.91 Å². The summed E-state index contributed by atoms with van der Waals surface area (Å²) in [6.07, 6.45) is 1.58. The normalized spacial score (nSPS) is 17.0. The van der Waals surface area contributed by atoms with Crippen molar-refractivity contribution in [2.45, 2.75) is 19.9 Å². The van der Waals surface area contributed by atoms with Crippen molar-refractivity contribution in [2.24, 2.45) is 0 Å². The number of aryl methyl sites for hydroxylation is 2. The van der Waals surface area contributed by atoms with Crippen LogP contribution in [0.1, 0.15) is 33.4 Å². The second-order valence-corrected chi connectivity index (χ2v) is 7.02. The average Bonchev–Trinajstić information content (AvgIpc) is 3.05. The van der Waals surface area contributed by atoms with Crippen LogP contribution in [0.25, 0.3) is 5.82 Å². The second-order valence-electron chi connectivity index (χ2n) is 7.02. The van der Waals surface area contributed by atoms with Crippen molar-refractivity contribution < 1.29 is 9.18 Å². The molecule has 3 heterocycles. The summed E-state index contributed by atoms with van der Waals surface area (Å²) in [6, 6.07) is 11.8. The van der Waals surface area contributed by atoms with Crippen LogP contribution < -0.4 is 5.32 Å². The van der Waals surface area contributed by atoms with Crippen molar-refractivity contribution in [1.82, 2.24) is 25.0 Å². The first-order chi connectivity index (χ1) is 13.5. The Morgan fingerprint density at radius 3 is 2.75 bits per heavy atom. The third kappa shape index (κ3) is 3.53. The quantitative estimate of drug-likeness (QED) is 0.760.